The van der Waals surface area contributed by atoms with Gasteiger partial charge in [-0.2, -0.15) is 0 Å². The molecule has 0 aliphatic rings. The minimum absolute atomic E-state index is 0.0324. The molecule has 0 amide bonds. The summed E-state index contributed by atoms with van der Waals surface area (Å²) in [6, 6.07) is 6.12. The highest BCUT2D eigenvalue weighted by Gasteiger charge is 2.13. The Kier molecular flexibility index (Phi) is 6.58. The minimum atomic E-state index is -0.907. The Hall–Kier alpha value is -2.34. The van der Waals surface area contributed by atoms with Crippen molar-refractivity contribution in [3.8, 4) is 5.75 Å². The predicted molar refractivity (Wildman–Crippen MR) is 96.9 cm³/mol. The van der Waals surface area contributed by atoms with E-state index in [1.54, 1.807) is 6.07 Å². The molecule has 6 heteroatoms. The molecule has 0 saturated carbocycles. The maximum atomic E-state index is 11.9. The molecular weight excluding hydrogens is 320 g/mol. The normalized spacial score (nSPS) is 11.4. The third kappa shape index (κ3) is 5.32. The molecule has 2 N–H and O–H groups in total. The van der Waals surface area contributed by atoms with Gasteiger partial charge >= 0.3 is 11.9 Å². The van der Waals surface area contributed by atoms with Crippen molar-refractivity contribution >= 4 is 22.8 Å². The van der Waals surface area contributed by atoms with Crippen LogP contribution in [0.4, 0.5) is 0 Å². The highest BCUT2D eigenvalue weighted by Crippen LogP contribution is 2.28. The molecule has 0 radical (unpaired) electrons. The van der Waals surface area contributed by atoms with E-state index < -0.39 is 11.9 Å². The molecule has 25 heavy (non-hydrogen) atoms. The van der Waals surface area contributed by atoms with Crippen LogP contribution in [0.15, 0.2) is 24.4 Å². The highest BCUT2D eigenvalue weighted by atomic mass is 16.5. The number of aliphatic carboxylic acids is 1. The molecule has 0 spiro atoms. The number of hydrogen-bond acceptors (Lipinski definition) is 4. The van der Waals surface area contributed by atoms with Crippen molar-refractivity contribution in [2.75, 3.05) is 13.6 Å². The number of ether oxygens (including phenoxy) is 1. The van der Waals surface area contributed by atoms with Crippen LogP contribution >= 0.6 is 0 Å². The van der Waals surface area contributed by atoms with E-state index >= 15 is 0 Å². The SMILES string of the molecule is CC(C)N(C)CCc1c[nH]c2c(OC(=O)CCCC(=O)O)cccc12. The lowest BCUT2D eigenvalue weighted by atomic mass is 10.1. The summed E-state index contributed by atoms with van der Waals surface area (Å²) in [6.07, 6.45) is 3.21. The monoisotopic (exact) mass is 346 g/mol. The van der Waals surface area contributed by atoms with E-state index in [9.17, 15) is 9.59 Å². The van der Waals surface area contributed by atoms with E-state index in [4.69, 9.17) is 9.84 Å². The van der Waals surface area contributed by atoms with E-state index in [0.29, 0.717) is 11.8 Å². The molecule has 0 atom stereocenters. The number of benzene rings is 1. The van der Waals surface area contributed by atoms with Crippen LogP contribution in [0, 0.1) is 0 Å². The number of rotatable bonds is 9. The number of carbonyl (C=O) groups is 2. The molecule has 6 nitrogen and oxygen atoms in total. The average Bonchev–Trinajstić information content (AvgIpc) is 2.96. The first-order valence-corrected chi connectivity index (χ1v) is 8.60. The fraction of sp³-hybridized carbons (Fsp3) is 0.474. The van der Waals surface area contributed by atoms with Crippen molar-refractivity contribution in [3.63, 3.8) is 0 Å². The van der Waals surface area contributed by atoms with Gasteiger partial charge in [0.25, 0.3) is 0 Å². The zero-order valence-corrected chi connectivity index (χ0v) is 15.0. The zero-order valence-electron chi connectivity index (χ0n) is 15.0. The third-order valence-corrected chi connectivity index (χ3v) is 4.37. The van der Waals surface area contributed by atoms with Crippen LogP contribution in [-0.4, -0.2) is 46.6 Å². The number of hydrogen-bond donors (Lipinski definition) is 2. The largest absolute Gasteiger partial charge is 0.481 e. The Morgan fingerprint density at radius 1 is 1.28 bits per heavy atom. The second-order valence-electron chi connectivity index (χ2n) is 6.54. The van der Waals surface area contributed by atoms with Crippen LogP contribution in [0.2, 0.25) is 0 Å². The van der Waals surface area contributed by atoms with Gasteiger partial charge in [0, 0.05) is 37.0 Å². The van der Waals surface area contributed by atoms with Gasteiger partial charge < -0.3 is 19.7 Å². The van der Waals surface area contributed by atoms with Gasteiger partial charge in [0.1, 0.15) is 0 Å². The van der Waals surface area contributed by atoms with Crippen molar-refractivity contribution in [1.82, 2.24) is 9.88 Å². The molecule has 0 unspecified atom stereocenters. The molecule has 136 valence electrons. The van der Waals surface area contributed by atoms with Gasteiger partial charge in [0.15, 0.2) is 5.75 Å². The smallest absolute Gasteiger partial charge is 0.311 e. The maximum absolute atomic E-state index is 11.9. The first kappa shape index (κ1) is 19.0. The number of para-hydroxylation sites is 1. The number of likely N-dealkylation sites (N-methyl/N-ethyl adjacent to an activating group) is 1. The Morgan fingerprint density at radius 3 is 2.72 bits per heavy atom. The number of carboxylic acid groups (broad SMARTS) is 1. The second kappa shape index (κ2) is 8.67. The summed E-state index contributed by atoms with van der Waals surface area (Å²) in [5.74, 6) is -0.832. The topological polar surface area (TPSA) is 82.6 Å². The van der Waals surface area contributed by atoms with Crippen molar-refractivity contribution < 1.29 is 19.4 Å². The van der Waals surface area contributed by atoms with E-state index in [0.717, 1.165) is 23.9 Å². The van der Waals surface area contributed by atoms with E-state index in [1.807, 2.05) is 18.3 Å². The first-order chi connectivity index (χ1) is 11.9. The predicted octanol–water partition coefficient (Wildman–Crippen LogP) is 3.21. The van der Waals surface area contributed by atoms with Crippen LogP contribution in [-0.2, 0) is 16.0 Å². The molecule has 0 bridgehead atoms. The minimum Gasteiger partial charge on any atom is -0.481 e. The van der Waals surface area contributed by atoms with Gasteiger partial charge in [0.05, 0.1) is 5.52 Å². The number of fused-ring (bicyclic) bond motifs is 1. The number of carboxylic acids is 1. The molecule has 1 aromatic carbocycles. The quantitative estimate of drug-likeness (QED) is 0.538. The summed E-state index contributed by atoms with van der Waals surface area (Å²) in [4.78, 5) is 27.9. The number of carbonyl (C=O) groups excluding carboxylic acids is 1. The standard InChI is InChI=1S/C19H26N2O4/c1-13(2)21(3)11-10-14-12-20-19-15(14)6-4-7-16(19)25-18(24)9-5-8-17(22)23/h4,6-7,12-13,20H,5,8-11H2,1-3H3,(H,22,23). The molecule has 1 heterocycles. The molecule has 0 aliphatic heterocycles. The number of H-pyrrole nitrogens is 1. The lowest BCUT2D eigenvalue weighted by Gasteiger charge is -2.20. The van der Waals surface area contributed by atoms with E-state index in [1.165, 1.54) is 5.56 Å². The number of esters is 1. The van der Waals surface area contributed by atoms with Gasteiger partial charge in [-0.05, 0) is 45.4 Å². The van der Waals surface area contributed by atoms with Crippen LogP contribution in [0.1, 0.15) is 38.7 Å². The number of aromatic amines is 1. The summed E-state index contributed by atoms with van der Waals surface area (Å²) in [7, 11) is 2.10. The Balaban J connectivity index is 2.04. The second-order valence-corrected chi connectivity index (χ2v) is 6.54. The third-order valence-electron chi connectivity index (χ3n) is 4.37. The van der Waals surface area contributed by atoms with Gasteiger partial charge in [0.2, 0.25) is 0 Å². The summed E-state index contributed by atoms with van der Waals surface area (Å²) in [6.45, 7) is 5.28. The summed E-state index contributed by atoms with van der Waals surface area (Å²) in [5, 5.41) is 9.67. The number of nitrogens with one attached hydrogen (secondary N) is 1. The van der Waals surface area contributed by atoms with Crippen LogP contribution in [0.5, 0.6) is 5.75 Å². The lowest BCUT2D eigenvalue weighted by molar-refractivity contribution is -0.137. The molecule has 1 aromatic heterocycles. The highest BCUT2D eigenvalue weighted by molar-refractivity contribution is 5.90. The van der Waals surface area contributed by atoms with E-state index in [-0.39, 0.29) is 19.3 Å². The van der Waals surface area contributed by atoms with Crippen molar-refractivity contribution in [2.45, 2.75) is 45.6 Å². The molecule has 0 aliphatic carbocycles. The number of nitrogens with zero attached hydrogens (tertiary/aromatic N) is 1. The van der Waals surface area contributed by atoms with Crippen LogP contribution in [0.3, 0.4) is 0 Å². The van der Waals surface area contributed by atoms with Crippen molar-refractivity contribution in [2.24, 2.45) is 0 Å². The molecular formula is C19H26N2O4. The number of aromatic nitrogens is 1. The van der Waals surface area contributed by atoms with Gasteiger partial charge in [-0.25, -0.2) is 0 Å². The van der Waals surface area contributed by atoms with Gasteiger partial charge in [-0.15, -0.1) is 0 Å². The zero-order chi connectivity index (χ0) is 18.4. The average molecular weight is 346 g/mol. The van der Waals surface area contributed by atoms with Gasteiger partial charge in [-0.3, -0.25) is 9.59 Å². The summed E-state index contributed by atoms with van der Waals surface area (Å²) in [5.41, 5.74) is 1.99. The Labute approximate surface area is 147 Å². The molecule has 0 saturated heterocycles. The van der Waals surface area contributed by atoms with Crippen molar-refractivity contribution in [1.29, 1.82) is 0 Å². The molecule has 0 fully saturated rings. The van der Waals surface area contributed by atoms with Crippen LogP contribution in [0.25, 0.3) is 10.9 Å². The molecule has 2 aromatic rings. The summed E-state index contributed by atoms with van der Waals surface area (Å²) >= 11 is 0. The molecule has 2 rings (SSSR count). The van der Waals surface area contributed by atoms with Crippen LogP contribution < -0.4 is 4.74 Å². The first-order valence-electron chi connectivity index (χ1n) is 8.60. The Bertz CT molecular complexity index is 736. The summed E-state index contributed by atoms with van der Waals surface area (Å²) < 4.78 is 5.41. The Morgan fingerprint density at radius 2 is 2.04 bits per heavy atom. The maximum Gasteiger partial charge on any atom is 0.311 e. The van der Waals surface area contributed by atoms with E-state index in [2.05, 4.69) is 30.8 Å². The lowest BCUT2D eigenvalue weighted by Crippen LogP contribution is -2.28. The fourth-order valence-electron chi connectivity index (χ4n) is 2.59. The van der Waals surface area contributed by atoms with Gasteiger partial charge in [-0.1, -0.05) is 12.1 Å². The van der Waals surface area contributed by atoms with Crippen molar-refractivity contribution in [3.05, 3.63) is 30.0 Å². The fourth-order valence-corrected chi connectivity index (χ4v) is 2.59.